The molecule has 0 saturated carbocycles. The lowest BCUT2D eigenvalue weighted by Crippen LogP contribution is -2.43. The van der Waals surface area contributed by atoms with Crippen LogP contribution < -0.4 is 15.1 Å². The molecule has 0 spiro atoms. The first-order valence-corrected chi connectivity index (χ1v) is 10.4. The van der Waals surface area contributed by atoms with E-state index in [0.29, 0.717) is 29.4 Å². The maximum Gasteiger partial charge on any atom is 0.286 e. The lowest BCUT2D eigenvalue weighted by Gasteiger charge is -2.30. The average Bonchev–Trinajstić information content (AvgIpc) is 2.93. The number of aromatic nitrogens is 2. The minimum Gasteiger partial charge on any atom is -0.372 e. The summed E-state index contributed by atoms with van der Waals surface area (Å²) >= 11 is 0. The van der Waals surface area contributed by atoms with Crippen molar-refractivity contribution < 1.29 is 13.2 Å². The van der Waals surface area contributed by atoms with Gasteiger partial charge in [-0.3, -0.25) is 9.98 Å². The summed E-state index contributed by atoms with van der Waals surface area (Å²) in [5, 5.41) is 3.12. The summed E-state index contributed by atoms with van der Waals surface area (Å²) < 4.78 is 41.8. The summed E-state index contributed by atoms with van der Waals surface area (Å²) in [4.78, 5) is 16.4. The Morgan fingerprint density at radius 3 is 2.81 bits per heavy atom. The van der Waals surface area contributed by atoms with E-state index in [0.717, 1.165) is 25.6 Å². The molecule has 0 aliphatic carbocycles. The number of rotatable bonds is 5. The van der Waals surface area contributed by atoms with Crippen molar-refractivity contribution in [3.05, 3.63) is 60.8 Å². The third kappa shape index (κ3) is 4.46. The summed E-state index contributed by atoms with van der Waals surface area (Å²) in [5.41, 5.74) is 1.64. The number of halogens is 3. The van der Waals surface area contributed by atoms with Crippen LogP contribution in [0.15, 0.2) is 60.1 Å². The zero-order chi connectivity index (χ0) is 22.9. The average molecular weight is 442 g/mol. The van der Waals surface area contributed by atoms with Gasteiger partial charge in [0.15, 0.2) is 12.0 Å². The van der Waals surface area contributed by atoms with Gasteiger partial charge in [-0.1, -0.05) is 6.58 Å². The highest BCUT2D eigenvalue weighted by Gasteiger charge is 2.28. The van der Waals surface area contributed by atoms with Crippen LogP contribution in [0.5, 0.6) is 0 Å². The van der Waals surface area contributed by atoms with Crippen molar-refractivity contribution in [2.45, 2.75) is 31.5 Å². The van der Waals surface area contributed by atoms with Gasteiger partial charge in [0.05, 0.1) is 17.4 Å². The Balaban J connectivity index is 1.69. The fraction of sp³-hybridized carbons (Fsp3) is 0.348. The Morgan fingerprint density at radius 1 is 1.25 bits per heavy atom. The number of pyridine rings is 2. The largest absolute Gasteiger partial charge is 0.372 e. The molecular weight excluding hydrogens is 417 g/mol. The van der Waals surface area contributed by atoms with E-state index < -0.39 is 18.1 Å². The maximum atomic E-state index is 14.2. The molecule has 6 nitrogen and oxygen atoms in total. The topological polar surface area (TPSA) is 56.7 Å². The Labute approximate surface area is 185 Å². The number of hydrogen-bond acceptors (Lipinski definition) is 6. The lowest BCUT2D eigenvalue weighted by atomic mass is 10.1. The molecular formula is C23H25F3N6. The first-order valence-electron chi connectivity index (χ1n) is 10.4. The van der Waals surface area contributed by atoms with Crippen LogP contribution in [0.1, 0.15) is 19.0 Å². The van der Waals surface area contributed by atoms with Crippen molar-refractivity contribution in [1.29, 1.82) is 0 Å². The van der Waals surface area contributed by atoms with E-state index in [1.165, 1.54) is 18.5 Å². The van der Waals surface area contributed by atoms with Crippen LogP contribution in [0.2, 0.25) is 0 Å². The van der Waals surface area contributed by atoms with Crippen LogP contribution in [0.25, 0.3) is 11.3 Å². The van der Waals surface area contributed by atoms with Gasteiger partial charge in [0.1, 0.15) is 11.5 Å². The predicted molar refractivity (Wildman–Crippen MR) is 121 cm³/mol. The fourth-order valence-electron chi connectivity index (χ4n) is 3.75. The highest BCUT2D eigenvalue weighted by Crippen LogP contribution is 2.35. The molecule has 2 unspecified atom stereocenters. The molecule has 0 bridgehead atoms. The Morgan fingerprint density at radius 2 is 2.06 bits per heavy atom. The molecule has 0 aromatic carbocycles. The van der Waals surface area contributed by atoms with Gasteiger partial charge in [0.25, 0.3) is 5.92 Å². The highest BCUT2D eigenvalue weighted by atomic mass is 19.3. The third-order valence-corrected chi connectivity index (χ3v) is 5.51. The minimum atomic E-state index is -3.05. The van der Waals surface area contributed by atoms with E-state index in [9.17, 15) is 13.2 Å². The molecule has 32 heavy (non-hydrogen) atoms. The normalized spacial score (nSPS) is 20.7. The summed E-state index contributed by atoms with van der Waals surface area (Å²) in [6, 6.07) is 6.15. The van der Waals surface area contributed by atoms with E-state index in [1.807, 2.05) is 18.0 Å². The second-order valence-electron chi connectivity index (χ2n) is 7.99. The second kappa shape index (κ2) is 8.64. The lowest BCUT2D eigenvalue weighted by molar-refractivity contribution is 0.0128. The Bertz CT molecular complexity index is 1060. The quantitative estimate of drug-likeness (QED) is 0.750. The Kier molecular flexibility index (Phi) is 5.90. The molecule has 2 aliphatic heterocycles. The summed E-state index contributed by atoms with van der Waals surface area (Å²) in [6.45, 7) is 6.37. The van der Waals surface area contributed by atoms with Crippen LogP contribution in [0.3, 0.4) is 0 Å². The van der Waals surface area contributed by atoms with E-state index in [2.05, 4.69) is 26.8 Å². The van der Waals surface area contributed by atoms with Crippen molar-refractivity contribution in [2.75, 3.05) is 29.9 Å². The number of hydrogen-bond donors (Lipinski definition) is 1. The van der Waals surface area contributed by atoms with Crippen molar-refractivity contribution in [2.24, 2.45) is 4.99 Å². The zero-order valence-electron chi connectivity index (χ0n) is 18.0. The van der Waals surface area contributed by atoms with Crippen LogP contribution >= 0.6 is 0 Å². The molecule has 0 fully saturated rings. The van der Waals surface area contributed by atoms with Gasteiger partial charge in [-0.25, -0.2) is 9.37 Å². The van der Waals surface area contributed by atoms with Crippen molar-refractivity contribution >= 4 is 17.7 Å². The van der Waals surface area contributed by atoms with Crippen LogP contribution in [0, 0.1) is 0 Å². The van der Waals surface area contributed by atoms with E-state index in [1.54, 1.807) is 24.4 Å². The maximum absolute atomic E-state index is 14.2. The minimum absolute atomic E-state index is 0.313. The molecule has 9 heteroatoms. The fourth-order valence-corrected chi connectivity index (χ4v) is 3.75. The summed E-state index contributed by atoms with van der Waals surface area (Å²) in [5.74, 6) is -1.91. The van der Waals surface area contributed by atoms with Crippen molar-refractivity contribution in [3.8, 4) is 11.3 Å². The van der Waals surface area contributed by atoms with Crippen LogP contribution in [-0.4, -0.2) is 48.5 Å². The predicted octanol–water partition coefficient (Wildman–Crippen LogP) is 4.27. The molecule has 2 aliphatic rings. The molecule has 0 amide bonds. The monoisotopic (exact) mass is 442 g/mol. The van der Waals surface area contributed by atoms with Gasteiger partial charge in [-0.05, 0) is 36.8 Å². The van der Waals surface area contributed by atoms with Crippen LogP contribution in [-0.2, 0) is 5.92 Å². The van der Waals surface area contributed by atoms with Gasteiger partial charge < -0.3 is 15.1 Å². The molecule has 0 radical (unpaired) electrons. The first-order chi connectivity index (χ1) is 15.2. The first kappa shape index (κ1) is 21.9. The SMILES string of the molecule is C=C(NC1C=CN=CC1F)N1CCCN(C)c2ccc(-c3ccnc(C(C)(F)F)c3)nc21. The molecule has 2 aromatic rings. The molecule has 4 heterocycles. The zero-order valence-corrected chi connectivity index (χ0v) is 18.0. The van der Waals surface area contributed by atoms with Gasteiger partial charge in [-0.15, -0.1) is 0 Å². The molecule has 1 N–H and O–H groups in total. The van der Waals surface area contributed by atoms with Crippen LogP contribution in [0.4, 0.5) is 24.7 Å². The molecule has 0 saturated heterocycles. The number of anilines is 2. The van der Waals surface area contributed by atoms with Gasteiger partial charge >= 0.3 is 0 Å². The van der Waals surface area contributed by atoms with Gasteiger partial charge in [-0.2, -0.15) is 8.78 Å². The van der Waals surface area contributed by atoms with Crippen molar-refractivity contribution in [1.82, 2.24) is 15.3 Å². The van der Waals surface area contributed by atoms with E-state index >= 15 is 0 Å². The summed E-state index contributed by atoms with van der Waals surface area (Å²) in [7, 11) is 1.97. The molecule has 2 atom stereocenters. The number of alkyl halides is 3. The molecule has 2 aromatic heterocycles. The van der Waals surface area contributed by atoms with Gasteiger partial charge in [0, 0.05) is 51.2 Å². The second-order valence-corrected chi connectivity index (χ2v) is 7.99. The van der Waals surface area contributed by atoms with Gasteiger partial charge in [0.2, 0.25) is 0 Å². The Hall–Kier alpha value is -3.36. The number of nitrogens with one attached hydrogen (secondary N) is 1. The van der Waals surface area contributed by atoms with Crippen molar-refractivity contribution in [3.63, 3.8) is 0 Å². The number of nitrogens with zero attached hydrogens (tertiary/aromatic N) is 5. The summed E-state index contributed by atoms with van der Waals surface area (Å²) in [6.07, 6.45) is 5.37. The standard InChI is InChI=1S/C23H25F3N6/c1-15(29-19-8-9-27-14-17(19)24)32-12-4-11-31(3)20-6-5-18(30-22(20)32)16-7-10-28-21(13-16)23(2,25)26/h5-10,13-14,17,19,29H,1,4,11-12H2,2-3H3. The number of aliphatic imine (C=N–C) groups is 1. The highest BCUT2D eigenvalue weighted by molar-refractivity contribution is 5.74. The molecule has 4 rings (SSSR count). The number of fused-ring (bicyclic) bond motifs is 1. The van der Waals surface area contributed by atoms with E-state index in [4.69, 9.17) is 4.98 Å². The van der Waals surface area contributed by atoms with E-state index in [-0.39, 0.29) is 5.69 Å². The third-order valence-electron chi connectivity index (χ3n) is 5.51. The molecule has 168 valence electrons. The smallest absolute Gasteiger partial charge is 0.286 e.